The highest BCUT2D eigenvalue weighted by Crippen LogP contribution is 2.32. The van der Waals surface area contributed by atoms with Gasteiger partial charge in [-0.1, -0.05) is 54.1 Å². The number of carbonyl (C=O) groups excluding carboxylic acids is 2. The summed E-state index contributed by atoms with van der Waals surface area (Å²) in [5.41, 5.74) is 2.19. The van der Waals surface area contributed by atoms with Crippen LogP contribution in [0.5, 0.6) is 0 Å². The van der Waals surface area contributed by atoms with Gasteiger partial charge in [-0.05, 0) is 29.7 Å². The zero-order valence-electron chi connectivity index (χ0n) is 15.9. The number of fused-ring (bicyclic) bond motifs is 1. The largest absolute Gasteiger partial charge is 0.342 e. The van der Waals surface area contributed by atoms with E-state index < -0.39 is 0 Å². The van der Waals surface area contributed by atoms with Gasteiger partial charge < -0.3 is 9.80 Å². The van der Waals surface area contributed by atoms with Crippen LogP contribution in [0.3, 0.4) is 0 Å². The van der Waals surface area contributed by atoms with Crippen LogP contribution in [-0.4, -0.2) is 47.8 Å². The Kier molecular flexibility index (Phi) is 5.67. The van der Waals surface area contributed by atoms with Gasteiger partial charge in [0.15, 0.2) is 0 Å². The molecule has 28 heavy (non-hydrogen) atoms. The fraction of sp³-hybridized carbons (Fsp3) is 0.391. The first-order valence-corrected chi connectivity index (χ1v) is 10.3. The van der Waals surface area contributed by atoms with Crippen molar-refractivity contribution in [2.75, 3.05) is 26.2 Å². The van der Waals surface area contributed by atoms with Gasteiger partial charge in [-0.25, -0.2) is 0 Å². The van der Waals surface area contributed by atoms with Crippen LogP contribution in [0.1, 0.15) is 17.5 Å². The van der Waals surface area contributed by atoms with E-state index >= 15 is 0 Å². The lowest BCUT2D eigenvalue weighted by atomic mass is 10.0. The predicted molar refractivity (Wildman–Crippen MR) is 110 cm³/mol. The zero-order chi connectivity index (χ0) is 19.5. The number of benzene rings is 2. The summed E-state index contributed by atoms with van der Waals surface area (Å²) in [6, 6.07) is 17.6. The fourth-order valence-electron chi connectivity index (χ4n) is 4.34. The van der Waals surface area contributed by atoms with E-state index in [1.54, 1.807) is 0 Å². The lowest BCUT2D eigenvalue weighted by Gasteiger charge is -2.22. The fourth-order valence-corrected chi connectivity index (χ4v) is 4.47. The number of carbonyl (C=O) groups is 2. The Morgan fingerprint density at radius 3 is 1.96 bits per heavy atom. The van der Waals surface area contributed by atoms with Gasteiger partial charge in [0.25, 0.3) is 0 Å². The summed E-state index contributed by atoms with van der Waals surface area (Å²) in [6.45, 7) is 3.09. The molecule has 2 heterocycles. The molecule has 2 aliphatic heterocycles. The molecule has 0 bridgehead atoms. The van der Waals surface area contributed by atoms with Gasteiger partial charge in [0.1, 0.15) is 0 Å². The highest BCUT2D eigenvalue weighted by molar-refractivity contribution is 6.30. The molecule has 0 aromatic heterocycles. The molecule has 2 saturated heterocycles. The second-order valence-corrected chi connectivity index (χ2v) is 8.34. The first kappa shape index (κ1) is 19.0. The number of rotatable bonds is 5. The summed E-state index contributed by atoms with van der Waals surface area (Å²) < 4.78 is 0. The summed E-state index contributed by atoms with van der Waals surface area (Å²) in [7, 11) is 0. The Morgan fingerprint density at radius 2 is 1.36 bits per heavy atom. The van der Waals surface area contributed by atoms with Gasteiger partial charge >= 0.3 is 0 Å². The third kappa shape index (κ3) is 4.39. The second-order valence-electron chi connectivity index (χ2n) is 7.91. The van der Waals surface area contributed by atoms with E-state index in [1.165, 1.54) is 5.56 Å². The predicted octanol–water partition coefficient (Wildman–Crippen LogP) is 3.43. The monoisotopic (exact) mass is 396 g/mol. The van der Waals surface area contributed by atoms with Crippen LogP contribution in [0.15, 0.2) is 54.6 Å². The molecular weight excluding hydrogens is 372 g/mol. The van der Waals surface area contributed by atoms with Crippen LogP contribution in [0.4, 0.5) is 0 Å². The van der Waals surface area contributed by atoms with Gasteiger partial charge in [-0.15, -0.1) is 0 Å². The van der Waals surface area contributed by atoms with E-state index in [1.807, 2.05) is 52.3 Å². The minimum Gasteiger partial charge on any atom is -0.342 e. The number of halogens is 1. The van der Waals surface area contributed by atoms with Crippen molar-refractivity contribution in [2.24, 2.45) is 11.8 Å². The highest BCUT2D eigenvalue weighted by atomic mass is 35.5. The van der Waals surface area contributed by atoms with Crippen molar-refractivity contribution in [3.63, 3.8) is 0 Å². The lowest BCUT2D eigenvalue weighted by molar-refractivity contribution is -0.131. The molecule has 0 aliphatic carbocycles. The summed E-state index contributed by atoms with van der Waals surface area (Å²) in [5, 5.41) is 0.684. The van der Waals surface area contributed by atoms with E-state index in [0.717, 1.165) is 38.2 Å². The molecule has 2 atom stereocenters. The van der Waals surface area contributed by atoms with E-state index in [0.29, 0.717) is 29.7 Å². The zero-order valence-corrected chi connectivity index (χ0v) is 16.6. The summed E-state index contributed by atoms with van der Waals surface area (Å²) >= 11 is 5.91. The van der Waals surface area contributed by atoms with Crippen LogP contribution >= 0.6 is 11.6 Å². The SMILES string of the molecule is O=C(CCc1ccccc1)N1CC2CN(C(=O)Cc3ccc(Cl)cc3)CC2C1. The standard InChI is InChI=1S/C23H25ClN2O2/c24-21-9-6-18(7-10-21)12-23(28)26-15-19-13-25(14-20(19)16-26)22(27)11-8-17-4-2-1-3-5-17/h1-7,9-10,19-20H,8,11-16H2. The molecule has 4 rings (SSSR count). The third-order valence-corrected chi connectivity index (χ3v) is 6.18. The topological polar surface area (TPSA) is 40.6 Å². The van der Waals surface area contributed by atoms with Crippen LogP contribution in [0.2, 0.25) is 5.02 Å². The molecule has 2 unspecified atom stereocenters. The van der Waals surface area contributed by atoms with Crippen molar-refractivity contribution in [1.29, 1.82) is 0 Å². The average molecular weight is 397 g/mol. The summed E-state index contributed by atoms with van der Waals surface area (Å²) in [5.74, 6) is 1.22. The van der Waals surface area contributed by atoms with Crippen molar-refractivity contribution in [2.45, 2.75) is 19.3 Å². The second kappa shape index (κ2) is 8.36. The molecule has 2 aromatic carbocycles. The maximum atomic E-state index is 12.6. The van der Waals surface area contributed by atoms with Crippen LogP contribution in [-0.2, 0) is 22.4 Å². The number of aryl methyl sites for hydroxylation is 1. The number of nitrogens with zero attached hydrogens (tertiary/aromatic N) is 2. The molecule has 2 aromatic rings. The molecule has 2 aliphatic rings. The number of hydrogen-bond donors (Lipinski definition) is 0. The molecular formula is C23H25ClN2O2. The van der Waals surface area contributed by atoms with E-state index in [-0.39, 0.29) is 11.8 Å². The molecule has 146 valence electrons. The van der Waals surface area contributed by atoms with Crippen molar-refractivity contribution in [3.8, 4) is 0 Å². The Balaban J connectivity index is 1.25. The molecule has 5 heteroatoms. The minimum absolute atomic E-state index is 0.165. The van der Waals surface area contributed by atoms with Gasteiger partial charge in [0.2, 0.25) is 11.8 Å². The molecule has 2 amide bonds. The first-order valence-electron chi connectivity index (χ1n) is 9.92. The normalized spacial score (nSPS) is 21.0. The van der Waals surface area contributed by atoms with Crippen LogP contribution in [0.25, 0.3) is 0 Å². The Bertz CT molecular complexity index is 823. The van der Waals surface area contributed by atoms with E-state index in [2.05, 4.69) is 12.1 Å². The van der Waals surface area contributed by atoms with Crippen molar-refractivity contribution in [3.05, 3.63) is 70.7 Å². The molecule has 4 nitrogen and oxygen atoms in total. The summed E-state index contributed by atoms with van der Waals surface area (Å²) in [6.07, 6.45) is 1.76. The smallest absolute Gasteiger partial charge is 0.227 e. The van der Waals surface area contributed by atoms with E-state index in [9.17, 15) is 9.59 Å². The van der Waals surface area contributed by atoms with Crippen LogP contribution < -0.4 is 0 Å². The van der Waals surface area contributed by atoms with Gasteiger partial charge in [-0.2, -0.15) is 0 Å². The molecule has 0 saturated carbocycles. The Labute approximate surface area is 171 Å². The van der Waals surface area contributed by atoms with Crippen molar-refractivity contribution < 1.29 is 9.59 Å². The maximum Gasteiger partial charge on any atom is 0.227 e. The van der Waals surface area contributed by atoms with Crippen LogP contribution in [0, 0.1) is 11.8 Å². The number of amides is 2. The first-order chi connectivity index (χ1) is 13.6. The lowest BCUT2D eigenvalue weighted by Crippen LogP contribution is -2.36. The third-order valence-electron chi connectivity index (χ3n) is 5.93. The number of hydrogen-bond acceptors (Lipinski definition) is 2. The maximum absolute atomic E-state index is 12.6. The molecule has 0 N–H and O–H groups in total. The summed E-state index contributed by atoms with van der Waals surface area (Å²) in [4.78, 5) is 29.2. The molecule has 0 radical (unpaired) electrons. The minimum atomic E-state index is 0.165. The van der Waals surface area contributed by atoms with Gasteiger partial charge in [-0.3, -0.25) is 9.59 Å². The van der Waals surface area contributed by atoms with E-state index in [4.69, 9.17) is 11.6 Å². The van der Waals surface area contributed by atoms with Crippen molar-refractivity contribution >= 4 is 23.4 Å². The quantitative estimate of drug-likeness (QED) is 0.776. The van der Waals surface area contributed by atoms with Crippen molar-refractivity contribution in [1.82, 2.24) is 9.80 Å². The Hall–Kier alpha value is -2.33. The van der Waals surface area contributed by atoms with Gasteiger partial charge in [0.05, 0.1) is 6.42 Å². The molecule has 0 spiro atoms. The average Bonchev–Trinajstić information content (AvgIpc) is 3.28. The highest BCUT2D eigenvalue weighted by Gasteiger charge is 2.42. The number of likely N-dealkylation sites (tertiary alicyclic amines) is 2. The molecule has 2 fully saturated rings. The van der Waals surface area contributed by atoms with Gasteiger partial charge in [0, 0.05) is 49.5 Å². The Morgan fingerprint density at radius 1 is 0.786 bits per heavy atom.